The number of thiazole rings is 1. The quantitative estimate of drug-likeness (QED) is 0.0386. The van der Waals surface area contributed by atoms with Crippen LogP contribution in [-0.2, 0) is 45.6 Å². The second-order valence-corrected chi connectivity index (χ2v) is 16.2. The molecule has 15 heteroatoms. The van der Waals surface area contributed by atoms with Crippen LogP contribution in [0.4, 0.5) is 5.13 Å². The summed E-state index contributed by atoms with van der Waals surface area (Å²) in [5.41, 5.74) is 3.49. The number of cyclic esters (lactones) is 1. The first-order valence-electron chi connectivity index (χ1n) is 19.5. The van der Waals surface area contributed by atoms with Crippen LogP contribution in [0.3, 0.4) is 0 Å². The average molecular weight is 856 g/mol. The second-order valence-electron chi connectivity index (χ2n) is 14.2. The Bertz CT molecular complexity index is 2400. The summed E-state index contributed by atoms with van der Waals surface area (Å²) < 4.78 is 16.3. The number of nitrogens with zero attached hydrogens (tertiary/aromatic N) is 3. The molecule has 2 saturated heterocycles. The number of carbonyl (C=O) groups excluding carboxylic acids is 4. The number of benzene rings is 4. The van der Waals surface area contributed by atoms with Gasteiger partial charge in [-0.2, -0.15) is 0 Å². The molecule has 5 aromatic rings. The van der Waals surface area contributed by atoms with Crippen molar-refractivity contribution in [2.45, 2.75) is 42.5 Å². The van der Waals surface area contributed by atoms with Crippen molar-refractivity contribution in [3.8, 4) is 5.75 Å². The summed E-state index contributed by atoms with van der Waals surface area (Å²) in [5.74, 6) is -1.21. The Balaban J connectivity index is 1.03. The van der Waals surface area contributed by atoms with Crippen molar-refractivity contribution in [2.75, 3.05) is 25.3 Å². The van der Waals surface area contributed by atoms with E-state index in [1.165, 1.54) is 35.1 Å². The lowest BCUT2D eigenvalue weighted by Crippen LogP contribution is -2.71. The minimum absolute atomic E-state index is 0.0476. The maximum Gasteiger partial charge on any atom is 0.355 e. The summed E-state index contributed by atoms with van der Waals surface area (Å²) in [4.78, 5) is 64.9. The van der Waals surface area contributed by atoms with Gasteiger partial charge in [-0.05, 0) is 52.5 Å². The number of aromatic nitrogens is 1. The van der Waals surface area contributed by atoms with E-state index in [2.05, 4.69) is 52.2 Å². The lowest BCUT2D eigenvalue weighted by atomic mass is 9.77. The second kappa shape index (κ2) is 18.3. The Hall–Kier alpha value is -6.71. The number of hydrogen-bond acceptors (Lipinski definition) is 13. The van der Waals surface area contributed by atoms with Crippen LogP contribution in [0.5, 0.6) is 5.75 Å². The number of fused-ring (bicyclic) bond motifs is 1. The Kier molecular flexibility index (Phi) is 12.3. The third kappa shape index (κ3) is 8.52. The van der Waals surface area contributed by atoms with Gasteiger partial charge < -0.3 is 29.7 Å². The molecule has 4 aromatic carbocycles. The molecule has 0 aliphatic carbocycles. The zero-order valence-corrected chi connectivity index (χ0v) is 34.8. The fourth-order valence-electron chi connectivity index (χ4n) is 7.49. The molecule has 0 radical (unpaired) electrons. The van der Waals surface area contributed by atoms with Crippen molar-refractivity contribution in [3.05, 3.63) is 172 Å². The molecule has 8 rings (SSSR count). The van der Waals surface area contributed by atoms with Gasteiger partial charge in [0.25, 0.3) is 11.8 Å². The van der Waals surface area contributed by atoms with Crippen LogP contribution in [0.2, 0.25) is 0 Å². The largest absolute Gasteiger partial charge is 0.497 e. The first-order chi connectivity index (χ1) is 29.8. The van der Waals surface area contributed by atoms with E-state index in [4.69, 9.17) is 24.0 Å². The van der Waals surface area contributed by atoms with Crippen molar-refractivity contribution < 1.29 is 38.2 Å². The van der Waals surface area contributed by atoms with E-state index in [1.54, 1.807) is 48.9 Å². The number of carbonyl (C=O) groups is 4. The number of allylic oxidation sites excluding steroid dienone is 1. The summed E-state index contributed by atoms with van der Waals surface area (Å²) in [6.07, 6.45) is 3.80. The van der Waals surface area contributed by atoms with Crippen LogP contribution in [0.15, 0.2) is 149 Å². The Morgan fingerprint density at radius 3 is 2.13 bits per heavy atom. The molecule has 1 unspecified atom stereocenters. The molecule has 0 bridgehead atoms. The minimum Gasteiger partial charge on any atom is -0.497 e. The number of oxime groups is 1. The Labute approximate surface area is 360 Å². The third-order valence-electron chi connectivity index (χ3n) is 10.5. The number of β-lactam (4-membered cyclic amide) rings is 1. The minimum atomic E-state index is -0.997. The predicted molar refractivity (Wildman–Crippen MR) is 232 cm³/mol. The van der Waals surface area contributed by atoms with Gasteiger partial charge in [-0.15, -0.1) is 23.1 Å². The molecule has 3 aliphatic heterocycles. The van der Waals surface area contributed by atoms with Crippen molar-refractivity contribution in [1.82, 2.24) is 15.2 Å². The number of hydrogen-bond donors (Lipinski definition) is 2. The zero-order chi connectivity index (χ0) is 42.3. The first kappa shape index (κ1) is 41.0. The SMILES string of the molecule is CO/N=C(\C(=O)N[C@@H]1C(=O)N2C(C(=O)OCc3ccc(OC)cc3)=C(/C=C\C3CCC(=O)O3)CS[C@H]12)c1csc(NC(c2ccccc2)(c2ccccc2)c2ccccc2)n1. The molecule has 4 heterocycles. The van der Waals surface area contributed by atoms with Crippen LogP contribution in [0.25, 0.3) is 0 Å². The van der Waals surface area contributed by atoms with Crippen LogP contribution < -0.4 is 15.4 Å². The summed E-state index contributed by atoms with van der Waals surface area (Å²) >= 11 is 2.68. The van der Waals surface area contributed by atoms with Crippen molar-refractivity contribution in [3.63, 3.8) is 0 Å². The number of rotatable bonds is 15. The van der Waals surface area contributed by atoms with Gasteiger partial charge in [0.1, 0.15) is 53.9 Å². The fraction of sp³-hybridized carbons (Fsp3) is 0.217. The van der Waals surface area contributed by atoms with E-state index in [0.717, 1.165) is 22.3 Å². The Morgan fingerprint density at radius 1 is 0.918 bits per heavy atom. The predicted octanol–water partition coefficient (Wildman–Crippen LogP) is 6.57. The van der Waals surface area contributed by atoms with Crippen molar-refractivity contribution >= 4 is 57.7 Å². The maximum atomic E-state index is 14.1. The lowest BCUT2D eigenvalue weighted by Gasteiger charge is -2.49. The molecule has 3 aliphatic rings. The zero-order valence-electron chi connectivity index (χ0n) is 33.2. The fourth-order valence-corrected chi connectivity index (χ4v) is 9.56. The van der Waals surface area contributed by atoms with E-state index in [9.17, 15) is 19.2 Å². The molecule has 1 aromatic heterocycles. The molecule has 0 saturated carbocycles. The maximum absolute atomic E-state index is 14.1. The molecule has 310 valence electrons. The van der Waals surface area contributed by atoms with Crippen LogP contribution in [0, 0.1) is 0 Å². The highest BCUT2D eigenvalue weighted by Gasteiger charge is 2.54. The van der Waals surface area contributed by atoms with E-state index in [1.807, 2.05) is 54.6 Å². The number of esters is 2. The molecule has 2 N–H and O–H groups in total. The average Bonchev–Trinajstić information content (AvgIpc) is 3.96. The van der Waals surface area contributed by atoms with Crippen LogP contribution >= 0.6 is 23.1 Å². The number of nitrogens with one attached hydrogen (secondary N) is 2. The molecule has 13 nitrogen and oxygen atoms in total. The Morgan fingerprint density at radius 2 is 1.56 bits per heavy atom. The van der Waals surface area contributed by atoms with Crippen LogP contribution in [0.1, 0.15) is 40.8 Å². The van der Waals surface area contributed by atoms with Gasteiger partial charge in [-0.3, -0.25) is 19.3 Å². The summed E-state index contributed by atoms with van der Waals surface area (Å²) in [5, 5.41) is 12.2. The molecule has 2 amide bonds. The van der Waals surface area contributed by atoms with Gasteiger partial charge >= 0.3 is 11.9 Å². The number of ether oxygens (including phenoxy) is 3. The summed E-state index contributed by atoms with van der Waals surface area (Å²) in [6, 6.07) is 36.3. The monoisotopic (exact) mass is 855 g/mol. The summed E-state index contributed by atoms with van der Waals surface area (Å²) in [7, 11) is 2.89. The standard InChI is InChI=1S/C46H41N5O8S2/c1-56-34-21-18-29(19-22-34)26-58-44(55)40-30(20-23-35-24-25-37(52)59-35)27-60-43-39(42(54)51(40)43)48-41(53)38(50-57-2)36-28-61-45(47-36)49-46(31-12-6-3-7-13-31,32-14-8-4-9-15-32)33-16-10-5-11-17-33/h3-23,28,35,39,43H,24-27H2,1-2H3,(H,47,49)(H,48,53)/b23-20-,50-38-/t35?,39-,43-/m1/s1. The molecular formula is C46H41N5O8S2. The van der Waals surface area contributed by atoms with Gasteiger partial charge in [-0.25, -0.2) is 9.78 Å². The van der Waals surface area contributed by atoms with Gasteiger partial charge in [0.05, 0.1) is 7.11 Å². The van der Waals surface area contributed by atoms with Gasteiger partial charge in [0.2, 0.25) is 0 Å². The van der Waals surface area contributed by atoms with Crippen molar-refractivity contribution in [2.24, 2.45) is 5.16 Å². The van der Waals surface area contributed by atoms with E-state index < -0.39 is 40.8 Å². The molecule has 61 heavy (non-hydrogen) atoms. The number of anilines is 1. The topological polar surface area (TPSA) is 158 Å². The van der Waals surface area contributed by atoms with Crippen molar-refractivity contribution in [1.29, 1.82) is 0 Å². The van der Waals surface area contributed by atoms with E-state index >= 15 is 0 Å². The number of amides is 2. The highest BCUT2D eigenvalue weighted by Crippen LogP contribution is 2.43. The third-order valence-corrected chi connectivity index (χ3v) is 12.6. The number of methoxy groups -OCH3 is 1. The van der Waals surface area contributed by atoms with E-state index in [0.29, 0.717) is 35.0 Å². The van der Waals surface area contributed by atoms with Crippen LogP contribution in [-0.4, -0.2) is 76.8 Å². The molecule has 3 atom stereocenters. The summed E-state index contributed by atoms with van der Waals surface area (Å²) in [6.45, 7) is -0.0476. The smallest absolute Gasteiger partial charge is 0.355 e. The highest BCUT2D eigenvalue weighted by molar-refractivity contribution is 8.00. The molecular weight excluding hydrogens is 815 g/mol. The van der Waals surface area contributed by atoms with Gasteiger partial charge in [-0.1, -0.05) is 114 Å². The van der Waals surface area contributed by atoms with Gasteiger partial charge in [0, 0.05) is 17.6 Å². The number of thioether (sulfide) groups is 1. The molecule has 2 fully saturated rings. The first-order valence-corrected chi connectivity index (χ1v) is 21.4. The van der Waals surface area contributed by atoms with Gasteiger partial charge in [0.15, 0.2) is 10.8 Å². The normalized spacial score (nSPS) is 18.9. The van der Waals surface area contributed by atoms with E-state index in [-0.39, 0.29) is 29.7 Å². The lowest BCUT2D eigenvalue weighted by molar-refractivity contribution is -0.153. The molecule has 0 spiro atoms. The highest BCUT2D eigenvalue weighted by atomic mass is 32.2.